The Morgan fingerprint density at radius 2 is 2.06 bits per heavy atom. The maximum Gasteiger partial charge on any atom is 0.372 e. The molecule has 2 aromatic rings. The number of hydrogen-bond donors (Lipinski definition) is 1. The summed E-state index contributed by atoms with van der Waals surface area (Å²) in [5.41, 5.74) is 0.821. The summed E-state index contributed by atoms with van der Waals surface area (Å²) in [5.74, 6) is -1.41. The van der Waals surface area contributed by atoms with E-state index in [1.165, 1.54) is 22.9 Å². The molecule has 0 atom stereocenters. The zero-order valence-corrected chi connectivity index (χ0v) is 8.30. The summed E-state index contributed by atoms with van der Waals surface area (Å²) < 4.78 is 14.2. The van der Waals surface area contributed by atoms with Crippen LogP contribution < -0.4 is 0 Å². The molecule has 0 fully saturated rings. The number of carbonyl (C=O) groups is 1. The molecule has 5 heteroatoms. The molecule has 4 nitrogen and oxygen atoms in total. The molecule has 1 aromatic carbocycles. The van der Waals surface area contributed by atoms with Crippen LogP contribution in [0.2, 0.25) is 0 Å². The lowest BCUT2D eigenvalue weighted by atomic mass is 10.2. The fraction of sp³-hybridized carbons (Fsp3) is 0.0909. The van der Waals surface area contributed by atoms with Crippen molar-refractivity contribution in [2.45, 2.75) is 6.54 Å². The van der Waals surface area contributed by atoms with Crippen molar-refractivity contribution in [1.29, 1.82) is 0 Å². The van der Waals surface area contributed by atoms with E-state index in [9.17, 15) is 9.18 Å². The van der Waals surface area contributed by atoms with E-state index in [1.807, 2.05) is 0 Å². The number of carboxylic acid groups (broad SMARTS) is 1. The van der Waals surface area contributed by atoms with Gasteiger partial charge in [0, 0.05) is 18.9 Å². The first kappa shape index (κ1) is 10.4. The zero-order valence-electron chi connectivity index (χ0n) is 8.30. The lowest BCUT2D eigenvalue weighted by molar-refractivity contribution is 0.0679. The minimum Gasteiger partial charge on any atom is -0.475 e. The van der Waals surface area contributed by atoms with Crippen LogP contribution in [0.1, 0.15) is 16.2 Å². The van der Waals surface area contributed by atoms with Crippen molar-refractivity contribution in [1.82, 2.24) is 9.55 Å². The number of aromatic nitrogens is 2. The molecule has 0 saturated carbocycles. The number of carboxylic acids is 1. The number of hydrogen-bond acceptors (Lipinski definition) is 2. The number of halogens is 1. The summed E-state index contributed by atoms with van der Waals surface area (Å²) in [6.07, 6.45) is 3.00. The molecule has 1 heterocycles. The van der Waals surface area contributed by atoms with Crippen LogP contribution in [0.5, 0.6) is 0 Å². The Morgan fingerprint density at radius 3 is 2.69 bits per heavy atom. The predicted octanol–water partition coefficient (Wildman–Crippen LogP) is 1.77. The van der Waals surface area contributed by atoms with Gasteiger partial charge in [0.05, 0.1) is 0 Å². The van der Waals surface area contributed by atoms with E-state index < -0.39 is 5.97 Å². The maximum absolute atomic E-state index is 12.7. The minimum absolute atomic E-state index is 0.0238. The second-order valence-corrected chi connectivity index (χ2v) is 3.31. The van der Waals surface area contributed by atoms with Crippen LogP contribution in [0.3, 0.4) is 0 Å². The van der Waals surface area contributed by atoms with Crippen molar-refractivity contribution in [3.8, 4) is 0 Å². The molecular formula is C11H9FN2O2. The molecule has 0 radical (unpaired) electrons. The first-order valence-corrected chi connectivity index (χ1v) is 4.65. The molecule has 0 unspecified atom stereocenters. The monoisotopic (exact) mass is 220 g/mol. The van der Waals surface area contributed by atoms with Crippen molar-refractivity contribution < 1.29 is 14.3 Å². The van der Waals surface area contributed by atoms with Gasteiger partial charge in [0.25, 0.3) is 0 Å². The fourth-order valence-electron chi connectivity index (χ4n) is 1.42. The predicted molar refractivity (Wildman–Crippen MR) is 54.7 cm³/mol. The van der Waals surface area contributed by atoms with E-state index in [1.54, 1.807) is 18.3 Å². The van der Waals surface area contributed by atoms with E-state index in [-0.39, 0.29) is 11.6 Å². The Balaban J connectivity index is 2.23. The van der Waals surface area contributed by atoms with Gasteiger partial charge in [-0.25, -0.2) is 14.2 Å². The molecule has 0 aliphatic rings. The van der Waals surface area contributed by atoms with Gasteiger partial charge in [0.15, 0.2) is 0 Å². The molecule has 0 aliphatic carbocycles. The molecule has 1 aromatic heterocycles. The summed E-state index contributed by atoms with van der Waals surface area (Å²) in [7, 11) is 0. The summed E-state index contributed by atoms with van der Waals surface area (Å²) in [6, 6.07) is 5.90. The van der Waals surface area contributed by atoms with Crippen molar-refractivity contribution in [3.63, 3.8) is 0 Å². The number of aromatic carboxylic acids is 1. The van der Waals surface area contributed by atoms with Crippen LogP contribution in [0.4, 0.5) is 4.39 Å². The van der Waals surface area contributed by atoms with Gasteiger partial charge in [-0.15, -0.1) is 0 Å². The van der Waals surface area contributed by atoms with Crippen molar-refractivity contribution in [2.24, 2.45) is 0 Å². The minimum atomic E-state index is -1.08. The quantitative estimate of drug-likeness (QED) is 0.857. The van der Waals surface area contributed by atoms with E-state index in [4.69, 9.17) is 5.11 Å². The third-order valence-corrected chi connectivity index (χ3v) is 2.17. The third kappa shape index (κ3) is 2.08. The first-order chi connectivity index (χ1) is 7.66. The number of rotatable bonds is 3. The van der Waals surface area contributed by atoms with E-state index in [2.05, 4.69) is 4.98 Å². The highest BCUT2D eigenvalue weighted by atomic mass is 19.1. The van der Waals surface area contributed by atoms with Gasteiger partial charge < -0.3 is 9.67 Å². The lowest BCUT2D eigenvalue weighted by Gasteiger charge is -2.04. The van der Waals surface area contributed by atoms with Crippen LogP contribution in [0, 0.1) is 5.82 Å². The van der Waals surface area contributed by atoms with Crippen LogP contribution in [-0.4, -0.2) is 20.6 Å². The Hall–Kier alpha value is -2.17. The average Bonchev–Trinajstić information content (AvgIpc) is 2.69. The highest BCUT2D eigenvalue weighted by Crippen LogP contribution is 2.07. The van der Waals surface area contributed by atoms with Crippen LogP contribution >= 0.6 is 0 Å². The van der Waals surface area contributed by atoms with Crippen LogP contribution in [-0.2, 0) is 6.54 Å². The normalized spacial score (nSPS) is 10.3. The number of nitrogens with zero attached hydrogens (tertiary/aromatic N) is 2. The second kappa shape index (κ2) is 4.14. The molecule has 0 aliphatic heterocycles. The van der Waals surface area contributed by atoms with E-state index in [0.29, 0.717) is 6.54 Å². The van der Waals surface area contributed by atoms with E-state index >= 15 is 0 Å². The highest BCUT2D eigenvalue weighted by molar-refractivity contribution is 5.83. The number of benzene rings is 1. The largest absolute Gasteiger partial charge is 0.475 e. The van der Waals surface area contributed by atoms with Gasteiger partial charge in [-0.3, -0.25) is 0 Å². The maximum atomic E-state index is 12.7. The zero-order chi connectivity index (χ0) is 11.5. The third-order valence-electron chi connectivity index (χ3n) is 2.17. The van der Waals surface area contributed by atoms with Gasteiger partial charge in [-0.05, 0) is 17.7 Å². The summed E-state index contributed by atoms with van der Waals surface area (Å²) in [6.45, 7) is 0.363. The molecular weight excluding hydrogens is 211 g/mol. The van der Waals surface area contributed by atoms with Gasteiger partial charge >= 0.3 is 5.97 Å². The van der Waals surface area contributed by atoms with Gasteiger partial charge in [0.1, 0.15) is 5.82 Å². The van der Waals surface area contributed by atoms with Gasteiger partial charge in [-0.2, -0.15) is 0 Å². The SMILES string of the molecule is O=C(O)c1nccn1Cc1ccc(F)cc1. The van der Waals surface area contributed by atoms with Gasteiger partial charge in [0.2, 0.25) is 5.82 Å². The molecule has 0 bridgehead atoms. The molecule has 0 spiro atoms. The van der Waals surface area contributed by atoms with Gasteiger partial charge in [-0.1, -0.05) is 12.1 Å². The average molecular weight is 220 g/mol. The molecule has 1 N–H and O–H groups in total. The van der Waals surface area contributed by atoms with Crippen molar-refractivity contribution in [2.75, 3.05) is 0 Å². The fourth-order valence-corrected chi connectivity index (χ4v) is 1.42. The summed E-state index contributed by atoms with van der Waals surface area (Å²) >= 11 is 0. The molecule has 16 heavy (non-hydrogen) atoms. The van der Waals surface area contributed by atoms with Crippen LogP contribution in [0.25, 0.3) is 0 Å². The lowest BCUT2D eigenvalue weighted by Crippen LogP contribution is -2.09. The van der Waals surface area contributed by atoms with E-state index in [0.717, 1.165) is 5.56 Å². The van der Waals surface area contributed by atoms with Crippen molar-refractivity contribution in [3.05, 3.63) is 53.9 Å². The Morgan fingerprint density at radius 1 is 1.38 bits per heavy atom. The van der Waals surface area contributed by atoms with Crippen LogP contribution in [0.15, 0.2) is 36.7 Å². The second-order valence-electron chi connectivity index (χ2n) is 3.31. The first-order valence-electron chi connectivity index (χ1n) is 4.65. The number of imidazole rings is 1. The summed E-state index contributed by atoms with van der Waals surface area (Å²) in [4.78, 5) is 14.5. The Labute approximate surface area is 91.0 Å². The Kier molecular flexibility index (Phi) is 2.68. The smallest absolute Gasteiger partial charge is 0.372 e. The molecule has 82 valence electrons. The molecule has 0 amide bonds. The highest BCUT2D eigenvalue weighted by Gasteiger charge is 2.10. The molecule has 0 saturated heterocycles. The molecule has 2 rings (SSSR count). The topological polar surface area (TPSA) is 55.1 Å². The summed E-state index contributed by atoms with van der Waals surface area (Å²) in [5, 5.41) is 8.83. The Bertz CT molecular complexity index is 505. The standard InChI is InChI=1S/C11H9FN2O2/c12-9-3-1-8(2-4-9)7-14-6-5-13-10(14)11(15)16/h1-6H,7H2,(H,15,16). The van der Waals surface area contributed by atoms with Crippen molar-refractivity contribution >= 4 is 5.97 Å².